The van der Waals surface area contributed by atoms with Crippen LogP contribution in [-0.2, 0) is 11.3 Å². The van der Waals surface area contributed by atoms with Crippen LogP contribution >= 0.6 is 24.8 Å². The van der Waals surface area contributed by atoms with E-state index < -0.39 is 6.61 Å². The zero-order valence-corrected chi connectivity index (χ0v) is 27.7. The van der Waals surface area contributed by atoms with E-state index in [4.69, 9.17) is 19.4 Å². The number of aliphatic hydroxyl groups is 1. The van der Waals surface area contributed by atoms with Crippen LogP contribution in [0.2, 0.25) is 0 Å². The van der Waals surface area contributed by atoms with Gasteiger partial charge in [-0.25, -0.2) is 0 Å². The molecule has 244 valence electrons. The Bertz CT molecular complexity index is 1320. The number of hydrogen-bond acceptors (Lipinski definition) is 8. The number of amides is 1. The van der Waals surface area contributed by atoms with E-state index in [1.807, 2.05) is 18.7 Å². The van der Waals surface area contributed by atoms with Crippen molar-refractivity contribution in [2.24, 2.45) is 0 Å². The second kappa shape index (κ2) is 16.1. The molecule has 0 bridgehead atoms. The summed E-state index contributed by atoms with van der Waals surface area (Å²) in [6.07, 6.45) is 2.20. The van der Waals surface area contributed by atoms with Gasteiger partial charge in [-0.3, -0.25) is 14.6 Å². The van der Waals surface area contributed by atoms with Gasteiger partial charge >= 0.3 is 0 Å². The first-order valence-electron chi connectivity index (χ1n) is 15.7. The summed E-state index contributed by atoms with van der Waals surface area (Å²) >= 11 is 0. The lowest BCUT2D eigenvalue weighted by Gasteiger charge is -2.53. The highest BCUT2D eigenvalue weighted by Crippen LogP contribution is 2.41. The molecule has 1 saturated carbocycles. The third-order valence-electron chi connectivity index (χ3n) is 8.89. The molecule has 1 N–H and O–H groups in total. The Labute approximate surface area is 278 Å². The van der Waals surface area contributed by atoms with E-state index in [0.29, 0.717) is 50.5 Å². The van der Waals surface area contributed by atoms with Gasteiger partial charge < -0.3 is 19.5 Å². The summed E-state index contributed by atoms with van der Waals surface area (Å²) in [7, 11) is 0. The molecule has 2 aliphatic heterocycles. The molecule has 2 atom stereocenters. The van der Waals surface area contributed by atoms with Gasteiger partial charge in [0.25, 0.3) is 0 Å². The third-order valence-corrected chi connectivity index (χ3v) is 8.89. The molecule has 3 fully saturated rings. The van der Waals surface area contributed by atoms with Gasteiger partial charge in [-0.05, 0) is 37.8 Å². The van der Waals surface area contributed by atoms with Gasteiger partial charge in [-0.15, -0.1) is 24.8 Å². The Morgan fingerprint density at radius 2 is 1.44 bits per heavy atom. The fourth-order valence-electron chi connectivity index (χ4n) is 6.78. The number of fused-ring (bicyclic) bond motifs is 1. The minimum Gasteiger partial charge on any atom is -0.478 e. The predicted molar refractivity (Wildman–Crippen MR) is 179 cm³/mol. The minimum absolute atomic E-state index is 0. The second-order valence-corrected chi connectivity index (χ2v) is 11.8. The minimum atomic E-state index is -0.462. The summed E-state index contributed by atoms with van der Waals surface area (Å²) in [6.45, 7) is 8.66. The van der Waals surface area contributed by atoms with Crippen molar-refractivity contribution in [1.82, 2.24) is 24.7 Å². The number of ether oxygens (including phenoxy) is 2. The van der Waals surface area contributed by atoms with Crippen LogP contribution in [0, 0.1) is 0 Å². The molecule has 1 amide bonds. The van der Waals surface area contributed by atoms with Crippen molar-refractivity contribution in [2.75, 3.05) is 52.5 Å². The topological polar surface area (TPSA) is 91.3 Å². The zero-order valence-electron chi connectivity index (χ0n) is 26.1. The lowest BCUT2D eigenvalue weighted by molar-refractivity contribution is -0.139. The lowest BCUT2D eigenvalue weighted by Crippen LogP contribution is -2.67. The van der Waals surface area contributed by atoms with Gasteiger partial charge in [0.15, 0.2) is 0 Å². The first kappa shape index (κ1) is 34.9. The first-order valence-corrected chi connectivity index (χ1v) is 15.7. The van der Waals surface area contributed by atoms with Gasteiger partial charge in [-0.1, -0.05) is 60.7 Å². The number of aliphatic hydroxyl groups excluding tert-OH is 1. The Morgan fingerprint density at radius 1 is 0.867 bits per heavy atom. The van der Waals surface area contributed by atoms with E-state index in [0.717, 1.165) is 43.9 Å². The van der Waals surface area contributed by atoms with Crippen molar-refractivity contribution in [3.63, 3.8) is 0 Å². The van der Waals surface area contributed by atoms with Crippen LogP contribution in [0.25, 0.3) is 0 Å². The summed E-state index contributed by atoms with van der Waals surface area (Å²) in [5, 5.41) is 9.64. The largest absolute Gasteiger partial charge is 0.478 e. The fraction of sp³-hybridized carbons (Fsp3) is 0.500. The van der Waals surface area contributed by atoms with Crippen LogP contribution < -0.4 is 9.47 Å². The lowest BCUT2D eigenvalue weighted by atomic mass is 9.81. The van der Waals surface area contributed by atoms with Crippen molar-refractivity contribution in [2.45, 2.75) is 57.2 Å². The molecule has 11 heteroatoms. The van der Waals surface area contributed by atoms with Crippen LogP contribution in [0.4, 0.5) is 0 Å². The molecule has 9 nitrogen and oxygen atoms in total. The highest BCUT2D eigenvalue weighted by atomic mass is 35.5. The number of hydrogen-bond donors (Lipinski definition) is 1. The van der Waals surface area contributed by atoms with Crippen LogP contribution in [0.3, 0.4) is 0 Å². The first-order chi connectivity index (χ1) is 21.1. The van der Waals surface area contributed by atoms with E-state index >= 15 is 0 Å². The summed E-state index contributed by atoms with van der Waals surface area (Å²) in [5.41, 5.74) is 3.43. The number of carbonyl (C=O) groups is 1. The molecule has 0 spiro atoms. The highest BCUT2D eigenvalue weighted by molar-refractivity contribution is 5.85. The molecule has 2 saturated heterocycles. The van der Waals surface area contributed by atoms with Crippen LogP contribution in [0.15, 0.2) is 60.7 Å². The van der Waals surface area contributed by atoms with Crippen LogP contribution in [0.1, 0.15) is 61.0 Å². The molecule has 3 aromatic rings. The number of benzene rings is 2. The van der Waals surface area contributed by atoms with Gasteiger partial charge in [0.2, 0.25) is 17.7 Å². The Hall–Kier alpha value is -2.95. The van der Waals surface area contributed by atoms with Crippen molar-refractivity contribution >= 4 is 30.7 Å². The van der Waals surface area contributed by atoms with Crippen molar-refractivity contribution in [1.29, 1.82) is 0 Å². The van der Waals surface area contributed by atoms with Crippen molar-refractivity contribution in [3.05, 3.63) is 83.2 Å². The number of aromatic nitrogens is 2. The molecule has 1 aromatic heterocycles. The van der Waals surface area contributed by atoms with Gasteiger partial charge in [0.1, 0.15) is 12.4 Å². The molecule has 2 aromatic carbocycles. The maximum Gasteiger partial charge on any atom is 0.248 e. The van der Waals surface area contributed by atoms with E-state index in [2.05, 4.69) is 70.5 Å². The number of carbonyl (C=O) groups excluding carboxylic acids is 1. The Balaban J connectivity index is 0.00000230. The van der Waals surface area contributed by atoms with Gasteiger partial charge in [0.05, 0.1) is 18.8 Å². The predicted octanol–water partition coefficient (Wildman–Crippen LogP) is 4.52. The number of nitrogens with zero attached hydrogens (tertiary/aromatic N) is 5. The summed E-state index contributed by atoms with van der Waals surface area (Å²) in [5.74, 6) is 2.36. The van der Waals surface area contributed by atoms with E-state index in [1.165, 1.54) is 11.1 Å². The molecule has 1 aliphatic carbocycles. The normalized spacial score (nSPS) is 20.1. The summed E-state index contributed by atoms with van der Waals surface area (Å²) < 4.78 is 12.2. The monoisotopic (exact) mass is 657 g/mol. The molecule has 3 aliphatic rings. The van der Waals surface area contributed by atoms with Crippen LogP contribution in [0.5, 0.6) is 11.8 Å². The SMILES string of the molecule is CCOc1nc(C2CC2)nc(OCC)c1CN1C[C@@H]2CN(C(=O)CO)CCN2[C@H](C(c2ccccc2)c2ccccc2)C1.Cl.Cl. The van der Waals surface area contributed by atoms with E-state index in [-0.39, 0.29) is 48.7 Å². The maximum atomic E-state index is 12.6. The number of halogens is 2. The maximum absolute atomic E-state index is 12.6. The molecule has 6 rings (SSSR count). The zero-order chi connectivity index (χ0) is 29.8. The van der Waals surface area contributed by atoms with Crippen molar-refractivity contribution < 1.29 is 19.4 Å². The average Bonchev–Trinajstić information content (AvgIpc) is 3.89. The number of rotatable bonds is 11. The molecule has 0 radical (unpaired) electrons. The fourth-order valence-corrected chi connectivity index (χ4v) is 6.78. The smallest absolute Gasteiger partial charge is 0.248 e. The standard InChI is InChI=1S/C34H43N5O4.2ClH/c1-3-42-33-28(34(43-4-2)36-32(35-33)26-15-16-26)21-37-19-27-20-38(30(41)23-40)17-18-39(27)29(22-37)31(24-11-7-5-8-12-24)25-13-9-6-10-14-25;;/h5-14,26-27,29,31,40H,3-4,15-23H2,1-2H3;2*1H/t27-,29+;;/m1../s1. The quantitative estimate of drug-likeness (QED) is 0.322. The molecular formula is C34H45Cl2N5O4. The Morgan fingerprint density at radius 3 is 1.96 bits per heavy atom. The summed E-state index contributed by atoms with van der Waals surface area (Å²) in [6, 6.07) is 21.8. The third kappa shape index (κ3) is 7.89. The van der Waals surface area contributed by atoms with Gasteiger partial charge in [-0.2, -0.15) is 9.97 Å². The second-order valence-electron chi connectivity index (χ2n) is 11.8. The molecule has 45 heavy (non-hydrogen) atoms. The summed E-state index contributed by atoms with van der Waals surface area (Å²) in [4.78, 5) is 29.2. The van der Waals surface area contributed by atoms with Crippen LogP contribution in [-0.4, -0.2) is 100 Å². The van der Waals surface area contributed by atoms with Gasteiger partial charge in [0, 0.05) is 63.2 Å². The molecule has 3 heterocycles. The van der Waals surface area contributed by atoms with Crippen molar-refractivity contribution in [3.8, 4) is 11.8 Å². The molecule has 0 unspecified atom stereocenters. The van der Waals surface area contributed by atoms with E-state index in [9.17, 15) is 9.90 Å². The molecular weight excluding hydrogens is 613 g/mol. The highest BCUT2D eigenvalue weighted by Gasteiger charge is 2.43. The average molecular weight is 659 g/mol. The van der Waals surface area contributed by atoms with E-state index in [1.54, 1.807) is 0 Å². The Kier molecular flexibility index (Phi) is 12.5. The number of piperazine rings is 2.